The molecule has 0 radical (unpaired) electrons. The Morgan fingerprint density at radius 1 is 1.42 bits per heavy atom. The summed E-state index contributed by atoms with van der Waals surface area (Å²) in [5.74, 6) is 0.794. The summed E-state index contributed by atoms with van der Waals surface area (Å²) < 4.78 is 5.27. The molecule has 108 valence electrons. The van der Waals surface area contributed by atoms with Crippen molar-refractivity contribution in [3.63, 3.8) is 0 Å². The second-order valence-electron chi connectivity index (χ2n) is 6.26. The first-order chi connectivity index (χ1) is 8.71. The smallest absolute Gasteiger partial charge is 0.234 e. The van der Waals surface area contributed by atoms with Gasteiger partial charge in [0.1, 0.15) is 5.76 Å². The van der Waals surface area contributed by atoms with E-state index in [0.29, 0.717) is 12.6 Å². The van der Waals surface area contributed by atoms with Gasteiger partial charge in [-0.25, -0.2) is 0 Å². The summed E-state index contributed by atoms with van der Waals surface area (Å²) in [6.07, 6.45) is 1.62. The van der Waals surface area contributed by atoms with Gasteiger partial charge in [-0.15, -0.1) is 0 Å². The lowest BCUT2D eigenvalue weighted by Crippen LogP contribution is -2.45. The van der Waals surface area contributed by atoms with Gasteiger partial charge in [-0.2, -0.15) is 0 Å². The van der Waals surface area contributed by atoms with Crippen molar-refractivity contribution in [2.24, 2.45) is 5.41 Å². The summed E-state index contributed by atoms with van der Waals surface area (Å²) >= 11 is 0. The van der Waals surface area contributed by atoms with Gasteiger partial charge in [0.05, 0.1) is 18.8 Å². The molecule has 1 rings (SSSR count). The molecule has 0 saturated heterocycles. The number of nitrogens with zero attached hydrogens (tertiary/aromatic N) is 1. The van der Waals surface area contributed by atoms with Crippen LogP contribution in [-0.4, -0.2) is 30.4 Å². The molecule has 0 aromatic carbocycles. The molecule has 19 heavy (non-hydrogen) atoms. The van der Waals surface area contributed by atoms with Crippen LogP contribution in [0.4, 0.5) is 0 Å². The van der Waals surface area contributed by atoms with Gasteiger partial charge < -0.3 is 9.73 Å². The molecule has 1 N–H and O–H groups in total. The second-order valence-corrected chi connectivity index (χ2v) is 6.26. The predicted octanol–water partition coefficient (Wildman–Crippen LogP) is 2.82. The summed E-state index contributed by atoms with van der Waals surface area (Å²) in [5, 5.41) is 2.95. The molecule has 0 bridgehead atoms. The molecule has 0 aliphatic carbocycles. The first-order valence-corrected chi connectivity index (χ1v) is 6.75. The zero-order valence-corrected chi connectivity index (χ0v) is 12.9. The summed E-state index contributed by atoms with van der Waals surface area (Å²) in [7, 11) is 1.98. The lowest BCUT2D eigenvalue weighted by Gasteiger charge is -2.35. The number of amides is 1. The van der Waals surface area contributed by atoms with Crippen LogP contribution in [0.1, 0.15) is 46.4 Å². The fraction of sp³-hybridized carbons (Fsp3) is 0.667. The van der Waals surface area contributed by atoms with E-state index in [1.165, 1.54) is 0 Å². The van der Waals surface area contributed by atoms with Crippen LogP contribution in [0.15, 0.2) is 22.8 Å². The minimum absolute atomic E-state index is 0.0162. The highest BCUT2D eigenvalue weighted by atomic mass is 16.3. The fourth-order valence-electron chi connectivity index (χ4n) is 1.92. The normalized spacial score (nSPS) is 15.3. The molecule has 0 spiro atoms. The van der Waals surface area contributed by atoms with Crippen LogP contribution in [-0.2, 0) is 4.79 Å². The van der Waals surface area contributed by atoms with Gasteiger partial charge in [0.15, 0.2) is 0 Å². The highest BCUT2D eigenvalue weighted by Crippen LogP contribution is 2.22. The SMILES string of the molecule is C[C@H](NC(=O)CN(C)[C@@H](C)C(C)(C)C)c1ccco1. The Hall–Kier alpha value is -1.29. The topological polar surface area (TPSA) is 45.5 Å². The van der Waals surface area contributed by atoms with E-state index in [1.54, 1.807) is 6.26 Å². The number of furan rings is 1. The van der Waals surface area contributed by atoms with Crippen molar-refractivity contribution in [1.29, 1.82) is 0 Å². The van der Waals surface area contributed by atoms with Crippen molar-refractivity contribution in [3.8, 4) is 0 Å². The average Bonchev–Trinajstić information content (AvgIpc) is 2.79. The van der Waals surface area contributed by atoms with Crippen LogP contribution in [0.5, 0.6) is 0 Å². The van der Waals surface area contributed by atoms with Gasteiger partial charge in [-0.3, -0.25) is 9.69 Å². The highest BCUT2D eigenvalue weighted by molar-refractivity contribution is 5.78. The molecule has 1 aromatic heterocycles. The van der Waals surface area contributed by atoms with Gasteiger partial charge in [-0.05, 0) is 38.4 Å². The molecular weight excluding hydrogens is 240 g/mol. The molecule has 1 heterocycles. The van der Waals surface area contributed by atoms with Crippen molar-refractivity contribution >= 4 is 5.91 Å². The molecule has 1 aromatic rings. The van der Waals surface area contributed by atoms with Gasteiger partial charge in [0, 0.05) is 6.04 Å². The lowest BCUT2D eigenvalue weighted by molar-refractivity contribution is -0.123. The minimum Gasteiger partial charge on any atom is -0.467 e. The van der Waals surface area contributed by atoms with Gasteiger partial charge >= 0.3 is 0 Å². The molecule has 0 saturated carbocycles. The number of carbonyl (C=O) groups is 1. The first-order valence-electron chi connectivity index (χ1n) is 6.75. The molecule has 0 aliphatic rings. The number of hydrogen-bond donors (Lipinski definition) is 1. The van der Waals surface area contributed by atoms with Crippen LogP contribution in [0.3, 0.4) is 0 Å². The number of carbonyl (C=O) groups excluding carboxylic acids is 1. The minimum atomic E-state index is -0.0964. The third-order valence-corrected chi connectivity index (χ3v) is 3.65. The monoisotopic (exact) mass is 266 g/mol. The van der Waals surface area contributed by atoms with Crippen LogP contribution in [0.2, 0.25) is 0 Å². The summed E-state index contributed by atoms with van der Waals surface area (Å²) in [5.41, 5.74) is 0.154. The van der Waals surface area contributed by atoms with Gasteiger partial charge in [-0.1, -0.05) is 20.8 Å². The fourth-order valence-corrected chi connectivity index (χ4v) is 1.92. The standard InChI is InChI=1S/C15H26N2O2/c1-11(13-8-7-9-19-13)16-14(18)10-17(6)12(2)15(3,4)5/h7-9,11-12H,10H2,1-6H3,(H,16,18)/t11-,12-/m0/s1. The Kier molecular flexibility index (Phi) is 5.18. The largest absolute Gasteiger partial charge is 0.467 e. The molecular formula is C15H26N2O2. The van der Waals surface area contributed by atoms with E-state index in [9.17, 15) is 4.79 Å². The third kappa shape index (κ3) is 4.71. The van der Waals surface area contributed by atoms with E-state index in [0.717, 1.165) is 5.76 Å². The maximum absolute atomic E-state index is 12.0. The molecule has 0 fully saturated rings. The lowest BCUT2D eigenvalue weighted by atomic mass is 9.87. The van der Waals surface area contributed by atoms with Crippen LogP contribution in [0, 0.1) is 5.41 Å². The Bertz CT molecular complexity index is 393. The number of nitrogens with one attached hydrogen (secondary N) is 1. The quantitative estimate of drug-likeness (QED) is 0.891. The van der Waals surface area contributed by atoms with E-state index in [-0.39, 0.29) is 17.4 Å². The van der Waals surface area contributed by atoms with Crippen LogP contribution < -0.4 is 5.32 Å². The van der Waals surface area contributed by atoms with E-state index in [2.05, 4.69) is 37.9 Å². The molecule has 4 heteroatoms. The average molecular weight is 266 g/mol. The number of hydrogen-bond acceptors (Lipinski definition) is 3. The Balaban J connectivity index is 2.47. The Morgan fingerprint density at radius 3 is 2.53 bits per heavy atom. The van der Waals surface area contributed by atoms with Crippen molar-refractivity contribution in [2.75, 3.05) is 13.6 Å². The predicted molar refractivity (Wildman–Crippen MR) is 76.8 cm³/mol. The maximum Gasteiger partial charge on any atom is 0.234 e. The molecule has 0 unspecified atom stereocenters. The van der Waals surface area contributed by atoms with E-state index in [1.807, 2.05) is 26.1 Å². The third-order valence-electron chi connectivity index (χ3n) is 3.65. The Morgan fingerprint density at radius 2 is 2.05 bits per heavy atom. The van der Waals surface area contributed by atoms with Gasteiger partial charge in [0.2, 0.25) is 5.91 Å². The van der Waals surface area contributed by atoms with Crippen LogP contribution in [0.25, 0.3) is 0 Å². The van der Waals surface area contributed by atoms with Gasteiger partial charge in [0.25, 0.3) is 0 Å². The zero-order chi connectivity index (χ0) is 14.6. The molecule has 0 aliphatic heterocycles. The highest BCUT2D eigenvalue weighted by Gasteiger charge is 2.25. The Labute approximate surface area is 116 Å². The van der Waals surface area contributed by atoms with Crippen molar-refractivity contribution in [3.05, 3.63) is 24.2 Å². The summed E-state index contributed by atoms with van der Waals surface area (Å²) in [6, 6.07) is 3.93. The molecule has 1 amide bonds. The summed E-state index contributed by atoms with van der Waals surface area (Å²) in [4.78, 5) is 14.1. The first kappa shape index (κ1) is 15.8. The van der Waals surface area contributed by atoms with E-state index < -0.39 is 0 Å². The number of likely N-dealkylation sites (N-methyl/N-ethyl adjacent to an activating group) is 1. The maximum atomic E-state index is 12.0. The zero-order valence-electron chi connectivity index (χ0n) is 12.9. The second kappa shape index (κ2) is 6.24. The summed E-state index contributed by atoms with van der Waals surface area (Å²) in [6.45, 7) is 11.0. The molecule has 2 atom stereocenters. The van der Waals surface area contributed by atoms with E-state index in [4.69, 9.17) is 4.42 Å². The molecule has 4 nitrogen and oxygen atoms in total. The van der Waals surface area contributed by atoms with Crippen molar-refractivity contribution in [2.45, 2.75) is 46.7 Å². The van der Waals surface area contributed by atoms with Crippen molar-refractivity contribution in [1.82, 2.24) is 10.2 Å². The number of rotatable bonds is 5. The van der Waals surface area contributed by atoms with E-state index >= 15 is 0 Å². The van der Waals surface area contributed by atoms with Crippen molar-refractivity contribution < 1.29 is 9.21 Å². The van der Waals surface area contributed by atoms with Crippen LogP contribution >= 0.6 is 0 Å².